The second-order valence-electron chi connectivity index (χ2n) is 7.26. The Morgan fingerprint density at radius 2 is 1.67 bits per heavy atom. The van der Waals surface area contributed by atoms with Crippen LogP contribution in [0.25, 0.3) is 0 Å². The first-order valence-corrected chi connectivity index (χ1v) is 9.96. The lowest BCUT2D eigenvalue weighted by atomic mass is 9.89. The molecule has 138 valence electrons. The van der Waals surface area contributed by atoms with Crippen molar-refractivity contribution >= 4 is 28.7 Å². The van der Waals surface area contributed by atoms with Gasteiger partial charge >= 0.3 is 4.87 Å². The maximum absolute atomic E-state index is 13.1. The Kier molecular flexibility index (Phi) is 4.48. The number of anilines is 2. The van der Waals surface area contributed by atoms with Gasteiger partial charge in [-0.25, -0.2) is 0 Å². The lowest BCUT2D eigenvalue weighted by molar-refractivity contribution is -0.118. The first-order valence-electron chi connectivity index (χ1n) is 9.15. The molecule has 27 heavy (non-hydrogen) atoms. The third kappa shape index (κ3) is 3.02. The van der Waals surface area contributed by atoms with Gasteiger partial charge < -0.3 is 0 Å². The topological polar surface area (TPSA) is 42.3 Å². The van der Waals surface area contributed by atoms with Crippen molar-refractivity contribution in [1.82, 2.24) is 4.57 Å². The van der Waals surface area contributed by atoms with Gasteiger partial charge in [-0.1, -0.05) is 67.6 Å². The molecule has 1 atom stereocenters. The Labute approximate surface area is 162 Å². The van der Waals surface area contributed by atoms with E-state index in [1.54, 1.807) is 16.5 Å². The van der Waals surface area contributed by atoms with Gasteiger partial charge in [0, 0.05) is 19.4 Å². The Bertz CT molecular complexity index is 1030. The fourth-order valence-corrected chi connectivity index (χ4v) is 4.74. The van der Waals surface area contributed by atoms with Crippen molar-refractivity contribution in [3.63, 3.8) is 0 Å². The summed E-state index contributed by atoms with van der Waals surface area (Å²) in [7, 11) is 1.74. The van der Waals surface area contributed by atoms with E-state index < -0.39 is 0 Å². The second kappa shape index (κ2) is 6.82. The lowest BCUT2D eigenvalue weighted by Crippen LogP contribution is -2.34. The molecular formula is C22H22N2O2S. The van der Waals surface area contributed by atoms with E-state index in [1.807, 2.05) is 30.3 Å². The van der Waals surface area contributed by atoms with Gasteiger partial charge in [-0.05, 0) is 29.2 Å². The number of thiazole rings is 1. The van der Waals surface area contributed by atoms with Crippen LogP contribution in [0.3, 0.4) is 0 Å². The number of amides is 1. The molecule has 0 saturated heterocycles. The van der Waals surface area contributed by atoms with Crippen molar-refractivity contribution < 1.29 is 4.79 Å². The molecule has 0 unspecified atom stereocenters. The molecule has 1 aliphatic rings. The monoisotopic (exact) mass is 378 g/mol. The number of carbonyl (C=O) groups excluding carboxylic acids is 1. The molecular weight excluding hydrogens is 356 g/mol. The maximum Gasteiger partial charge on any atom is 0.308 e. The third-order valence-electron chi connectivity index (χ3n) is 5.19. The summed E-state index contributed by atoms with van der Waals surface area (Å²) in [5.41, 5.74) is 3.16. The minimum absolute atomic E-state index is 0.0139. The van der Waals surface area contributed by atoms with Gasteiger partial charge in [-0.2, -0.15) is 0 Å². The highest BCUT2D eigenvalue weighted by Crippen LogP contribution is 2.44. The molecule has 0 N–H and O–H groups in total. The molecule has 0 aliphatic carbocycles. The number of carbonyl (C=O) groups is 1. The largest absolute Gasteiger partial charge is 0.308 e. The van der Waals surface area contributed by atoms with Gasteiger partial charge in [-0.3, -0.25) is 19.1 Å². The van der Waals surface area contributed by atoms with Gasteiger partial charge in [-0.15, -0.1) is 0 Å². The Morgan fingerprint density at radius 3 is 2.30 bits per heavy atom. The van der Waals surface area contributed by atoms with Gasteiger partial charge in [0.15, 0.2) is 0 Å². The predicted molar refractivity (Wildman–Crippen MR) is 110 cm³/mol. The van der Waals surface area contributed by atoms with Crippen LogP contribution >= 0.6 is 11.3 Å². The summed E-state index contributed by atoms with van der Waals surface area (Å²) in [5.74, 6) is 1.10. The molecule has 5 heteroatoms. The molecule has 1 amide bonds. The molecule has 2 heterocycles. The van der Waals surface area contributed by atoms with Crippen LogP contribution in [0.15, 0.2) is 59.4 Å². The number of para-hydroxylation sites is 1. The van der Waals surface area contributed by atoms with Gasteiger partial charge in [0.1, 0.15) is 5.82 Å². The number of rotatable bonds is 3. The number of hydrogen-bond donors (Lipinski definition) is 0. The fraction of sp³-hybridized carbons (Fsp3) is 0.273. The summed E-state index contributed by atoms with van der Waals surface area (Å²) in [4.78, 5) is 28.2. The van der Waals surface area contributed by atoms with Crippen molar-refractivity contribution in [2.24, 2.45) is 7.05 Å². The molecule has 1 aromatic heterocycles. The van der Waals surface area contributed by atoms with Gasteiger partial charge in [0.05, 0.1) is 10.6 Å². The van der Waals surface area contributed by atoms with Crippen molar-refractivity contribution in [3.8, 4) is 0 Å². The summed E-state index contributed by atoms with van der Waals surface area (Å²) >= 11 is 1.24. The van der Waals surface area contributed by atoms with Crippen LogP contribution in [0.1, 0.15) is 48.1 Å². The van der Waals surface area contributed by atoms with Crippen LogP contribution in [-0.4, -0.2) is 10.5 Å². The standard InChI is InChI=1S/C22H22N2O2S/c1-14(2)15-9-11-16(12-10-15)18-13-19(25)24(17-7-5-4-6-8-17)21-20(18)27-22(26)23(21)3/h4-12,14,18H,13H2,1-3H3/t18-/m1/s1. The average molecular weight is 378 g/mol. The van der Waals surface area contributed by atoms with Crippen LogP contribution in [0, 0.1) is 0 Å². The zero-order chi connectivity index (χ0) is 19.1. The first-order chi connectivity index (χ1) is 13.0. The summed E-state index contributed by atoms with van der Waals surface area (Å²) in [6.07, 6.45) is 0.364. The average Bonchev–Trinajstić information content (AvgIpc) is 2.97. The maximum atomic E-state index is 13.1. The molecule has 2 aromatic carbocycles. The SMILES string of the molecule is CC(C)c1ccc([C@H]2CC(=O)N(c3ccccc3)c3c2sc(=O)n3C)cc1. The Balaban J connectivity index is 1.84. The highest BCUT2D eigenvalue weighted by Gasteiger charge is 2.37. The summed E-state index contributed by atoms with van der Waals surface area (Å²) < 4.78 is 1.60. The number of nitrogens with zero attached hydrogens (tertiary/aromatic N) is 2. The molecule has 0 fully saturated rings. The molecule has 0 saturated carbocycles. The van der Waals surface area contributed by atoms with Gasteiger partial charge in [0.25, 0.3) is 0 Å². The van der Waals surface area contributed by atoms with E-state index in [2.05, 4.69) is 38.1 Å². The second-order valence-corrected chi connectivity index (χ2v) is 8.25. The zero-order valence-corrected chi connectivity index (χ0v) is 16.5. The van der Waals surface area contributed by atoms with E-state index in [9.17, 15) is 9.59 Å². The Hall–Kier alpha value is -2.66. The van der Waals surface area contributed by atoms with Crippen LogP contribution in [0.2, 0.25) is 0 Å². The van der Waals surface area contributed by atoms with E-state index in [-0.39, 0.29) is 16.7 Å². The first kappa shape index (κ1) is 17.7. The smallest absolute Gasteiger partial charge is 0.288 e. The zero-order valence-electron chi connectivity index (χ0n) is 15.7. The lowest BCUT2D eigenvalue weighted by Gasteiger charge is -2.32. The number of aromatic nitrogens is 1. The number of fused-ring (bicyclic) bond motifs is 1. The van der Waals surface area contributed by atoms with E-state index in [4.69, 9.17) is 0 Å². The predicted octanol–water partition coefficient (Wildman–Crippen LogP) is 4.77. The molecule has 0 bridgehead atoms. The molecule has 0 radical (unpaired) electrons. The highest BCUT2D eigenvalue weighted by molar-refractivity contribution is 7.10. The summed E-state index contributed by atoms with van der Waals surface area (Å²) in [5, 5.41) is 0. The van der Waals surface area contributed by atoms with E-state index >= 15 is 0 Å². The fourth-order valence-electron chi connectivity index (χ4n) is 3.65. The quantitative estimate of drug-likeness (QED) is 0.659. The number of benzene rings is 2. The van der Waals surface area contributed by atoms with E-state index in [0.717, 1.165) is 16.1 Å². The summed E-state index contributed by atoms with van der Waals surface area (Å²) in [6.45, 7) is 4.33. The normalized spacial score (nSPS) is 16.7. The van der Waals surface area contributed by atoms with Crippen LogP contribution in [0.5, 0.6) is 0 Å². The minimum Gasteiger partial charge on any atom is -0.288 e. The van der Waals surface area contributed by atoms with Crippen LogP contribution in [-0.2, 0) is 11.8 Å². The van der Waals surface area contributed by atoms with Crippen LogP contribution in [0.4, 0.5) is 11.5 Å². The molecule has 1 aliphatic heterocycles. The van der Waals surface area contributed by atoms with Crippen molar-refractivity contribution in [2.45, 2.75) is 32.1 Å². The van der Waals surface area contributed by atoms with E-state index in [1.165, 1.54) is 16.9 Å². The van der Waals surface area contributed by atoms with Crippen molar-refractivity contribution in [3.05, 3.63) is 80.3 Å². The van der Waals surface area contributed by atoms with Crippen molar-refractivity contribution in [1.29, 1.82) is 0 Å². The van der Waals surface area contributed by atoms with Crippen LogP contribution < -0.4 is 9.77 Å². The molecule has 0 spiro atoms. The van der Waals surface area contributed by atoms with Gasteiger partial charge in [0.2, 0.25) is 5.91 Å². The Morgan fingerprint density at radius 1 is 1.00 bits per heavy atom. The minimum atomic E-state index is -0.0763. The van der Waals surface area contributed by atoms with Crippen molar-refractivity contribution in [2.75, 3.05) is 4.90 Å². The summed E-state index contributed by atoms with van der Waals surface area (Å²) in [6, 6.07) is 18.0. The molecule has 4 nitrogen and oxygen atoms in total. The third-order valence-corrected chi connectivity index (χ3v) is 6.32. The number of hydrogen-bond acceptors (Lipinski definition) is 3. The van der Waals surface area contributed by atoms with E-state index in [0.29, 0.717) is 18.2 Å². The highest BCUT2D eigenvalue weighted by atomic mass is 32.1. The molecule has 4 rings (SSSR count). The molecule has 3 aromatic rings.